The Balaban J connectivity index is 1.56. The van der Waals surface area contributed by atoms with E-state index in [0.29, 0.717) is 34.7 Å². The number of nitrogens with zero attached hydrogens (tertiary/aromatic N) is 3. The highest BCUT2D eigenvalue weighted by Gasteiger charge is 2.34. The average molecular weight is 487 g/mol. The predicted molar refractivity (Wildman–Crippen MR) is 137 cm³/mol. The Morgan fingerprint density at radius 2 is 1.86 bits per heavy atom. The number of ether oxygens (including phenoxy) is 2. The van der Waals surface area contributed by atoms with Crippen LogP contribution in [0.2, 0.25) is 0 Å². The van der Waals surface area contributed by atoms with Crippen LogP contribution in [0.1, 0.15) is 29.8 Å². The summed E-state index contributed by atoms with van der Waals surface area (Å²) in [7, 11) is 1.61. The summed E-state index contributed by atoms with van der Waals surface area (Å²) in [6, 6.07) is 21.7. The lowest BCUT2D eigenvalue weighted by Gasteiger charge is -2.34. The first-order valence-electron chi connectivity index (χ1n) is 11.4. The third-order valence-corrected chi connectivity index (χ3v) is 6.73. The van der Waals surface area contributed by atoms with E-state index in [4.69, 9.17) is 19.6 Å². The van der Waals surface area contributed by atoms with E-state index >= 15 is 0 Å². The maximum atomic E-state index is 13.3. The molecule has 2 aliphatic heterocycles. The minimum atomic E-state index is -0.522. The highest BCUT2D eigenvalue weighted by molar-refractivity contribution is 8.13. The van der Waals surface area contributed by atoms with Crippen LogP contribution in [-0.2, 0) is 10.5 Å². The van der Waals surface area contributed by atoms with Gasteiger partial charge in [0.05, 0.1) is 19.1 Å². The van der Waals surface area contributed by atoms with Gasteiger partial charge in [0.25, 0.3) is 5.91 Å². The number of carbonyl (C=O) groups is 1. The van der Waals surface area contributed by atoms with Gasteiger partial charge in [-0.25, -0.2) is 5.01 Å². The third kappa shape index (κ3) is 4.61. The molecule has 2 heterocycles. The van der Waals surface area contributed by atoms with Crippen LogP contribution < -0.4 is 25.4 Å². The van der Waals surface area contributed by atoms with Crippen molar-refractivity contribution in [2.45, 2.75) is 25.8 Å². The molecule has 1 atom stereocenters. The van der Waals surface area contributed by atoms with E-state index in [-0.39, 0.29) is 5.91 Å². The van der Waals surface area contributed by atoms with E-state index in [9.17, 15) is 4.79 Å². The first-order valence-corrected chi connectivity index (χ1v) is 12.4. The second-order valence-electron chi connectivity index (χ2n) is 8.19. The van der Waals surface area contributed by atoms with Crippen LogP contribution in [0.4, 0.5) is 0 Å². The Bertz CT molecular complexity index is 1420. The summed E-state index contributed by atoms with van der Waals surface area (Å²) in [5.74, 6) is 1.77. The number of hydrogen-bond acceptors (Lipinski definition) is 7. The zero-order valence-electron chi connectivity index (χ0n) is 19.8. The molecule has 35 heavy (non-hydrogen) atoms. The van der Waals surface area contributed by atoms with Crippen molar-refractivity contribution >= 4 is 28.5 Å². The van der Waals surface area contributed by atoms with E-state index in [1.165, 1.54) is 17.3 Å². The Kier molecular flexibility index (Phi) is 6.46. The number of thioether (sulfide) groups is 1. The molecule has 0 spiro atoms. The molecule has 5 rings (SSSR count). The molecule has 1 amide bonds. The smallest absolute Gasteiger partial charge is 0.276 e. The standard InChI is InChI=1S/C27H26N4O3S/c1-4-34-23-15-19(13-14-22(23)33-3)25-28-21-8-6-5-7-20(21)24-26(32)29-27(30-31(24)25)35-16-18-11-9-17(2)10-12-18/h5-15,25H,4,16H2,1-3H3,(H,29,30,32)/t25-/m0/s1. The van der Waals surface area contributed by atoms with Crippen LogP contribution in [0.5, 0.6) is 11.5 Å². The Hall–Kier alpha value is -3.78. The number of carbonyl (C=O) groups excluding carboxylic acids is 1. The van der Waals surface area contributed by atoms with Crippen LogP contribution in [0.25, 0.3) is 5.70 Å². The molecule has 0 aromatic heterocycles. The lowest BCUT2D eigenvalue weighted by atomic mass is 10.1. The summed E-state index contributed by atoms with van der Waals surface area (Å²) in [5, 5.41) is 11.6. The summed E-state index contributed by atoms with van der Waals surface area (Å²) in [6.45, 7) is 4.50. The quantitative estimate of drug-likeness (QED) is 0.578. The van der Waals surface area contributed by atoms with Crippen molar-refractivity contribution in [3.63, 3.8) is 0 Å². The number of hydrogen-bond donors (Lipinski definition) is 1. The minimum absolute atomic E-state index is 0.197. The van der Waals surface area contributed by atoms with Crippen LogP contribution in [-0.4, -0.2) is 29.8 Å². The molecule has 0 fully saturated rings. The minimum Gasteiger partial charge on any atom is -0.493 e. The van der Waals surface area contributed by atoms with Crippen molar-refractivity contribution in [1.29, 1.82) is 0 Å². The van der Waals surface area contributed by atoms with E-state index < -0.39 is 6.17 Å². The largest absolute Gasteiger partial charge is 0.493 e. The molecule has 8 heteroatoms. The molecule has 0 bridgehead atoms. The van der Waals surface area contributed by atoms with Gasteiger partial charge >= 0.3 is 0 Å². The topological polar surface area (TPSA) is 75.5 Å². The summed E-state index contributed by atoms with van der Waals surface area (Å²) < 4.78 is 11.2. The lowest BCUT2D eigenvalue weighted by Crippen LogP contribution is -2.50. The van der Waals surface area contributed by atoms with Crippen molar-refractivity contribution in [2.75, 3.05) is 13.7 Å². The van der Waals surface area contributed by atoms with Gasteiger partial charge in [0.2, 0.25) is 0 Å². The van der Waals surface area contributed by atoms with Crippen LogP contribution in [0, 0.1) is 6.92 Å². The molecule has 3 aromatic rings. The molecule has 178 valence electrons. The number of amidine groups is 1. The van der Waals surface area contributed by atoms with Crippen molar-refractivity contribution in [3.8, 4) is 11.5 Å². The molecular weight excluding hydrogens is 460 g/mol. The molecule has 3 aromatic carbocycles. The molecule has 0 saturated carbocycles. The van der Waals surface area contributed by atoms with Crippen LogP contribution >= 0.6 is 11.8 Å². The first kappa shape index (κ1) is 23.0. The molecular formula is C27H26N4O3S. The van der Waals surface area contributed by atoms with Crippen LogP contribution in [0.3, 0.4) is 0 Å². The number of benzene rings is 3. The molecule has 7 nitrogen and oxygen atoms in total. The Morgan fingerprint density at radius 3 is 2.63 bits per heavy atom. The molecule has 1 N–H and O–H groups in total. The van der Waals surface area contributed by atoms with E-state index in [1.807, 2.05) is 49.4 Å². The van der Waals surface area contributed by atoms with Gasteiger partial charge < -0.3 is 9.47 Å². The van der Waals surface area contributed by atoms with E-state index in [1.54, 1.807) is 12.1 Å². The summed E-state index contributed by atoms with van der Waals surface area (Å²) in [4.78, 5) is 18.3. The number of nitrogens with one attached hydrogen (secondary N) is 1. The predicted octanol–water partition coefficient (Wildman–Crippen LogP) is 3.48. The SMILES string of the molecule is CCOc1cc([C@H]2N=c3ccccc3=C3C(=O)NC(SCc4ccc(C)cc4)=NN32)ccc1OC. The van der Waals surface area contributed by atoms with Gasteiger partial charge in [-0.15, -0.1) is 5.10 Å². The summed E-state index contributed by atoms with van der Waals surface area (Å²) >= 11 is 1.49. The average Bonchev–Trinajstić information content (AvgIpc) is 2.88. The molecule has 0 unspecified atom stereocenters. The highest BCUT2D eigenvalue weighted by Crippen LogP contribution is 2.36. The summed E-state index contributed by atoms with van der Waals surface area (Å²) in [5.41, 5.74) is 3.70. The number of fused-ring (bicyclic) bond motifs is 2. The van der Waals surface area contributed by atoms with Gasteiger partial charge in [0.1, 0.15) is 5.70 Å². The van der Waals surface area contributed by atoms with Crippen molar-refractivity contribution in [2.24, 2.45) is 10.1 Å². The van der Waals surface area contributed by atoms with Gasteiger partial charge in [-0.05, 0) is 37.6 Å². The maximum absolute atomic E-state index is 13.3. The lowest BCUT2D eigenvalue weighted by molar-refractivity contribution is -0.116. The van der Waals surface area contributed by atoms with Gasteiger partial charge in [0.15, 0.2) is 22.8 Å². The second-order valence-corrected chi connectivity index (χ2v) is 9.15. The fraction of sp³-hybridized carbons (Fsp3) is 0.222. The normalized spacial score (nSPS) is 16.5. The molecule has 0 saturated heterocycles. The van der Waals surface area contributed by atoms with E-state index in [0.717, 1.165) is 21.7 Å². The highest BCUT2D eigenvalue weighted by atomic mass is 32.2. The maximum Gasteiger partial charge on any atom is 0.276 e. The van der Waals surface area contributed by atoms with Crippen molar-refractivity contribution in [3.05, 3.63) is 94.0 Å². The van der Waals surface area contributed by atoms with Gasteiger partial charge in [-0.3, -0.25) is 15.1 Å². The fourth-order valence-corrected chi connectivity index (χ4v) is 4.87. The molecule has 0 aliphatic carbocycles. The van der Waals surface area contributed by atoms with Gasteiger partial charge in [-0.2, -0.15) is 0 Å². The van der Waals surface area contributed by atoms with Crippen molar-refractivity contribution in [1.82, 2.24) is 10.3 Å². The number of aryl methyl sites for hydroxylation is 1. The van der Waals surface area contributed by atoms with E-state index in [2.05, 4.69) is 36.5 Å². The first-order chi connectivity index (χ1) is 17.1. The van der Waals surface area contributed by atoms with Crippen molar-refractivity contribution < 1.29 is 14.3 Å². The number of rotatable bonds is 6. The van der Waals surface area contributed by atoms with Gasteiger partial charge in [-0.1, -0.05) is 65.9 Å². The monoisotopic (exact) mass is 486 g/mol. The number of para-hydroxylation sites is 1. The summed E-state index contributed by atoms with van der Waals surface area (Å²) in [6.07, 6.45) is -0.522. The molecule has 0 radical (unpaired) electrons. The Labute approximate surface area is 208 Å². The second kappa shape index (κ2) is 9.84. The van der Waals surface area contributed by atoms with Crippen LogP contribution in [0.15, 0.2) is 76.8 Å². The zero-order chi connectivity index (χ0) is 24.4. The number of methoxy groups -OCH3 is 1. The number of hydrazone groups is 1. The third-order valence-electron chi connectivity index (χ3n) is 5.80. The van der Waals surface area contributed by atoms with Gasteiger partial charge in [0, 0.05) is 16.5 Å². The zero-order valence-corrected chi connectivity index (χ0v) is 20.6. The fourth-order valence-electron chi connectivity index (χ4n) is 4.07. The molecule has 2 aliphatic rings. The Morgan fingerprint density at radius 1 is 1.06 bits per heavy atom. The number of amides is 1.